The predicted molar refractivity (Wildman–Crippen MR) is 37.7 cm³/mol. The Morgan fingerprint density at radius 2 is 2.45 bits per heavy atom. The Bertz CT molecular complexity index is 323. The molecule has 0 radical (unpaired) electrons. The van der Waals surface area contributed by atoms with Crippen LogP contribution in [-0.2, 0) is 7.05 Å². The van der Waals surface area contributed by atoms with Gasteiger partial charge in [0.25, 0.3) is 11.5 Å². The van der Waals surface area contributed by atoms with Crippen LogP contribution in [0.15, 0.2) is 10.9 Å². The highest BCUT2D eigenvalue weighted by Gasteiger charge is 2.08. The first kappa shape index (κ1) is 7.55. The van der Waals surface area contributed by atoms with E-state index in [2.05, 4.69) is 5.10 Å². The van der Waals surface area contributed by atoms with Crippen LogP contribution in [0.5, 0.6) is 0 Å². The summed E-state index contributed by atoms with van der Waals surface area (Å²) in [6.45, 7) is 0. The van der Waals surface area contributed by atoms with Crippen LogP contribution in [-0.4, -0.2) is 15.7 Å². The van der Waals surface area contributed by atoms with Crippen molar-refractivity contribution in [3.63, 3.8) is 0 Å². The van der Waals surface area contributed by atoms with Gasteiger partial charge in [-0.3, -0.25) is 24.8 Å². The third kappa shape index (κ3) is 1.30. The van der Waals surface area contributed by atoms with E-state index in [1.165, 1.54) is 10.7 Å². The van der Waals surface area contributed by atoms with Crippen LogP contribution >= 0.6 is 0 Å². The van der Waals surface area contributed by atoms with Crippen molar-refractivity contribution in [2.75, 3.05) is 0 Å². The average Bonchev–Trinajstić information content (AvgIpc) is 2.28. The highest BCUT2D eigenvalue weighted by Crippen LogP contribution is 1.89. The second-order valence-corrected chi connectivity index (χ2v) is 2.04. The number of nitrogens with two attached hydrogens (primary N) is 1. The van der Waals surface area contributed by atoms with Gasteiger partial charge in [0.15, 0.2) is 0 Å². The number of hydrazine groups is 1. The molecule has 0 aliphatic carbocycles. The second-order valence-electron chi connectivity index (χ2n) is 2.04. The lowest BCUT2D eigenvalue weighted by Gasteiger charge is -1.97. The van der Waals surface area contributed by atoms with E-state index >= 15 is 0 Å². The molecule has 0 fully saturated rings. The Morgan fingerprint density at radius 1 is 1.82 bits per heavy atom. The van der Waals surface area contributed by atoms with Gasteiger partial charge in [-0.1, -0.05) is 0 Å². The zero-order chi connectivity index (χ0) is 8.43. The van der Waals surface area contributed by atoms with Gasteiger partial charge in [0, 0.05) is 13.1 Å². The summed E-state index contributed by atoms with van der Waals surface area (Å²) in [4.78, 5) is 21.5. The van der Waals surface area contributed by atoms with Crippen LogP contribution in [0.1, 0.15) is 10.5 Å². The molecule has 0 saturated carbocycles. The minimum absolute atomic E-state index is 0.206. The molecule has 60 valence electrons. The molecule has 0 bridgehead atoms. The maximum atomic E-state index is 10.8. The number of aromatic amines is 1. The summed E-state index contributed by atoms with van der Waals surface area (Å²) in [6, 6.07) is 1.17. The van der Waals surface area contributed by atoms with Crippen molar-refractivity contribution in [3.05, 3.63) is 22.1 Å². The SMILES string of the molecule is Cn1[nH]c(=O)cc1C(=O)NN. The van der Waals surface area contributed by atoms with Gasteiger partial charge in [-0.05, 0) is 0 Å². The Kier molecular flexibility index (Phi) is 1.77. The summed E-state index contributed by atoms with van der Waals surface area (Å²) in [5.74, 6) is 4.36. The molecule has 1 aromatic rings. The number of rotatable bonds is 1. The van der Waals surface area contributed by atoms with Crippen molar-refractivity contribution in [2.24, 2.45) is 12.9 Å². The Labute approximate surface area is 62.0 Å². The third-order valence-corrected chi connectivity index (χ3v) is 1.27. The average molecular weight is 156 g/mol. The molecule has 1 heterocycles. The van der Waals surface area contributed by atoms with Crippen LogP contribution in [0, 0.1) is 0 Å². The summed E-state index contributed by atoms with van der Waals surface area (Å²) >= 11 is 0. The molecule has 6 heteroatoms. The highest BCUT2D eigenvalue weighted by molar-refractivity contribution is 5.91. The predicted octanol–water partition coefficient (Wildman–Crippen LogP) is -1.68. The number of hydrogen-bond acceptors (Lipinski definition) is 3. The highest BCUT2D eigenvalue weighted by atomic mass is 16.2. The van der Waals surface area contributed by atoms with E-state index in [-0.39, 0.29) is 11.3 Å². The fourth-order valence-electron chi connectivity index (χ4n) is 0.771. The molecule has 1 aromatic heterocycles. The molecule has 0 aromatic carbocycles. The maximum absolute atomic E-state index is 10.8. The molecule has 4 N–H and O–H groups in total. The largest absolute Gasteiger partial charge is 0.289 e. The van der Waals surface area contributed by atoms with E-state index in [1.54, 1.807) is 7.05 Å². The summed E-state index contributed by atoms with van der Waals surface area (Å²) < 4.78 is 1.30. The topological polar surface area (TPSA) is 92.9 Å². The number of carbonyl (C=O) groups is 1. The number of aromatic nitrogens is 2. The van der Waals surface area contributed by atoms with E-state index in [4.69, 9.17) is 5.84 Å². The van der Waals surface area contributed by atoms with Gasteiger partial charge in [-0.2, -0.15) is 0 Å². The van der Waals surface area contributed by atoms with Crippen LogP contribution in [0.25, 0.3) is 0 Å². The summed E-state index contributed by atoms with van der Waals surface area (Å²) in [5, 5.41) is 2.37. The number of carbonyl (C=O) groups excluding carboxylic acids is 1. The molecular weight excluding hydrogens is 148 g/mol. The minimum Gasteiger partial charge on any atom is -0.289 e. The van der Waals surface area contributed by atoms with Crippen molar-refractivity contribution in [3.8, 4) is 0 Å². The summed E-state index contributed by atoms with van der Waals surface area (Å²) in [5.41, 5.74) is 1.80. The molecule has 0 spiro atoms. The Balaban J connectivity index is 3.13. The monoisotopic (exact) mass is 156 g/mol. The van der Waals surface area contributed by atoms with Crippen LogP contribution in [0.3, 0.4) is 0 Å². The molecule has 0 saturated heterocycles. The number of H-pyrrole nitrogens is 1. The van der Waals surface area contributed by atoms with Crippen molar-refractivity contribution in [1.29, 1.82) is 0 Å². The molecule has 1 rings (SSSR count). The lowest BCUT2D eigenvalue weighted by molar-refractivity contribution is 0.0944. The normalized spacial score (nSPS) is 9.64. The van der Waals surface area contributed by atoms with E-state index < -0.39 is 5.91 Å². The number of nitrogen functional groups attached to an aromatic ring is 1. The number of nitrogens with zero attached hydrogens (tertiary/aromatic N) is 1. The number of amides is 1. The smallest absolute Gasteiger partial charge is 0.283 e. The van der Waals surface area contributed by atoms with Crippen molar-refractivity contribution in [2.45, 2.75) is 0 Å². The molecular formula is C5H8N4O2. The Morgan fingerprint density at radius 3 is 2.82 bits per heavy atom. The van der Waals surface area contributed by atoms with Gasteiger partial charge >= 0.3 is 0 Å². The van der Waals surface area contributed by atoms with Gasteiger partial charge < -0.3 is 0 Å². The lowest BCUT2D eigenvalue weighted by Crippen LogP contribution is -2.31. The number of aryl methyl sites for hydroxylation is 1. The second kappa shape index (κ2) is 2.59. The summed E-state index contributed by atoms with van der Waals surface area (Å²) in [7, 11) is 1.55. The first-order valence-corrected chi connectivity index (χ1v) is 2.92. The standard InChI is InChI=1S/C5H8N4O2/c1-9-3(5(11)7-6)2-4(10)8-9/h2H,6H2,1H3,(H,7,11)(H,8,10). The van der Waals surface area contributed by atoms with Crippen molar-refractivity contribution < 1.29 is 4.79 Å². The Hall–Kier alpha value is -1.56. The maximum Gasteiger partial charge on any atom is 0.283 e. The van der Waals surface area contributed by atoms with E-state index in [1.807, 2.05) is 5.43 Å². The molecule has 11 heavy (non-hydrogen) atoms. The first-order chi connectivity index (χ1) is 5.15. The molecule has 1 amide bonds. The minimum atomic E-state index is -0.495. The van der Waals surface area contributed by atoms with E-state index in [0.717, 1.165) is 0 Å². The van der Waals surface area contributed by atoms with Gasteiger partial charge in [0.1, 0.15) is 5.69 Å². The van der Waals surface area contributed by atoms with Gasteiger partial charge in [-0.15, -0.1) is 0 Å². The van der Waals surface area contributed by atoms with E-state index in [0.29, 0.717) is 0 Å². The van der Waals surface area contributed by atoms with E-state index in [9.17, 15) is 9.59 Å². The molecule has 0 aliphatic rings. The number of nitrogens with one attached hydrogen (secondary N) is 2. The zero-order valence-corrected chi connectivity index (χ0v) is 5.92. The summed E-state index contributed by atoms with van der Waals surface area (Å²) in [6.07, 6.45) is 0. The fourth-order valence-corrected chi connectivity index (χ4v) is 0.771. The van der Waals surface area contributed by atoms with Crippen LogP contribution < -0.4 is 16.8 Å². The third-order valence-electron chi connectivity index (χ3n) is 1.27. The first-order valence-electron chi connectivity index (χ1n) is 2.92. The molecule has 6 nitrogen and oxygen atoms in total. The molecule has 0 unspecified atom stereocenters. The van der Waals surface area contributed by atoms with Crippen molar-refractivity contribution >= 4 is 5.91 Å². The fraction of sp³-hybridized carbons (Fsp3) is 0.200. The molecule has 0 atom stereocenters. The number of hydrogen-bond donors (Lipinski definition) is 3. The van der Waals surface area contributed by atoms with Crippen molar-refractivity contribution in [1.82, 2.24) is 15.2 Å². The molecule has 0 aliphatic heterocycles. The van der Waals surface area contributed by atoms with Gasteiger partial charge in [0.2, 0.25) is 0 Å². The van der Waals surface area contributed by atoms with Crippen LogP contribution in [0.2, 0.25) is 0 Å². The quantitative estimate of drug-likeness (QED) is 0.257. The van der Waals surface area contributed by atoms with Crippen LogP contribution in [0.4, 0.5) is 0 Å². The lowest BCUT2D eigenvalue weighted by atomic mass is 10.4. The van der Waals surface area contributed by atoms with Gasteiger partial charge in [-0.25, -0.2) is 5.84 Å². The zero-order valence-electron chi connectivity index (χ0n) is 5.92. The van der Waals surface area contributed by atoms with Gasteiger partial charge in [0.05, 0.1) is 0 Å².